The van der Waals surface area contributed by atoms with E-state index in [0.717, 1.165) is 31.0 Å². The molecule has 0 radical (unpaired) electrons. The van der Waals surface area contributed by atoms with Crippen molar-refractivity contribution in [1.82, 2.24) is 10.6 Å². The van der Waals surface area contributed by atoms with Gasteiger partial charge >= 0.3 is 0 Å². The Morgan fingerprint density at radius 1 is 1.18 bits per heavy atom. The number of aromatic hydroxyl groups is 1. The van der Waals surface area contributed by atoms with Crippen molar-refractivity contribution >= 4 is 11.6 Å². The Balaban J connectivity index is 1.57. The molecule has 0 spiro atoms. The van der Waals surface area contributed by atoms with Gasteiger partial charge in [0.1, 0.15) is 0 Å². The molecule has 1 saturated heterocycles. The molecule has 0 bridgehead atoms. The van der Waals surface area contributed by atoms with Crippen LogP contribution in [0.15, 0.2) is 47.5 Å². The van der Waals surface area contributed by atoms with Gasteiger partial charge in [0.15, 0.2) is 17.5 Å². The van der Waals surface area contributed by atoms with Gasteiger partial charge in [-0.25, -0.2) is 0 Å². The lowest BCUT2D eigenvalue weighted by molar-refractivity contribution is 0.339. The van der Waals surface area contributed by atoms with Crippen molar-refractivity contribution in [3.05, 3.63) is 48.0 Å². The Bertz CT molecular complexity index is 786. The van der Waals surface area contributed by atoms with Crippen LogP contribution in [0.4, 0.5) is 5.69 Å². The molecule has 7 heteroatoms. The third-order valence-electron chi connectivity index (χ3n) is 4.87. The molecule has 1 fully saturated rings. The standard InChI is InChI=1S/C21H28N4O3/c1-22-21(23-13-15-11-18(27-2)20(26)19(12-15)28-3)24-16-9-10-25(14-16)17-7-5-4-6-8-17/h4-8,11-12,16,26H,9-10,13-14H2,1-3H3,(H2,22,23,24). The minimum Gasteiger partial charge on any atom is -0.502 e. The van der Waals surface area contributed by atoms with E-state index in [-0.39, 0.29) is 5.75 Å². The minimum atomic E-state index is 0.00298. The zero-order valence-electron chi connectivity index (χ0n) is 16.6. The largest absolute Gasteiger partial charge is 0.502 e. The number of guanidine groups is 1. The summed E-state index contributed by atoms with van der Waals surface area (Å²) in [4.78, 5) is 6.71. The number of rotatable bonds is 6. The van der Waals surface area contributed by atoms with Crippen molar-refractivity contribution in [3.63, 3.8) is 0 Å². The second kappa shape index (κ2) is 9.21. The lowest BCUT2D eigenvalue weighted by Crippen LogP contribution is -2.44. The van der Waals surface area contributed by atoms with Crippen LogP contribution in [0.1, 0.15) is 12.0 Å². The van der Waals surface area contributed by atoms with Crippen LogP contribution in [0, 0.1) is 0 Å². The Morgan fingerprint density at radius 2 is 1.86 bits per heavy atom. The molecule has 0 amide bonds. The van der Waals surface area contributed by atoms with E-state index < -0.39 is 0 Å². The van der Waals surface area contributed by atoms with Crippen molar-refractivity contribution in [2.45, 2.75) is 19.0 Å². The van der Waals surface area contributed by atoms with Gasteiger partial charge < -0.3 is 30.1 Å². The fourth-order valence-electron chi connectivity index (χ4n) is 3.38. The summed E-state index contributed by atoms with van der Waals surface area (Å²) in [6, 6.07) is 14.3. The number of nitrogens with one attached hydrogen (secondary N) is 2. The van der Waals surface area contributed by atoms with Gasteiger partial charge in [-0.1, -0.05) is 18.2 Å². The number of ether oxygens (including phenoxy) is 2. The summed E-state index contributed by atoms with van der Waals surface area (Å²) < 4.78 is 10.4. The van der Waals surface area contributed by atoms with E-state index >= 15 is 0 Å². The average molecular weight is 384 g/mol. The normalized spacial score (nSPS) is 16.8. The number of methoxy groups -OCH3 is 2. The zero-order chi connectivity index (χ0) is 19.9. The molecule has 1 heterocycles. The number of phenolic OH excluding ortho intramolecular Hbond substituents is 1. The molecule has 0 aromatic heterocycles. The van der Waals surface area contributed by atoms with Crippen LogP contribution in [-0.2, 0) is 6.54 Å². The Kier molecular flexibility index (Phi) is 6.47. The maximum atomic E-state index is 10.0. The summed E-state index contributed by atoms with van der Waals surface area (Å²) in [5.74, 6) is 1.51. The third kappa shape index (κ3) is 4.60. The lowest BCUT2D eigenvalue weighted by Gasteiger charge is -2.20. The van der Waals surface area contributed by atoms with Crippen molar-refractivity contribution in [2.24, 2.45) is 4.99 Å². The summed E-state index contributed by atoms with van der Waals surface area (Å²) in [7, 11) is 4.80. The van der Waals surface area contributed by atoms with Gasteiger partial charge in [-0.2, -0.15) is 0 Å². The molecule has 3 rings (SSSR count). The minimum absolute atomic E-state index is 0.00298. The molecule has 3 N–H and O–H groups in total. The number of hydrogen-bond acceptors (Lipinski definition) is 5. The smallest absolute Gasteiger partial charge is 0.200 e. The summed E-state index contributed by atoms with van der Waals surface area (Å²) >= 11 is 0. The van der Waals surface area contributed by atoms with Gasteiger partial charge in [0, 0.05) is 38.4 Å². The van der Waals surface area contributed by atoms with Crippen LogP contribution >= 0.6 is 0 Å². The van der Waals surface area contributed by atoms with Crippen LogP contribution < -0.4 is 25.0 Å². The Hall–Kier alpha value is -3.09. The monoisotopic (exact) mass is 384 g/mol. The Labute approximate surface area is 166 Å². The van der Waals surface area contributed by atoms with Gasteiger partial charge in [-0.15, -0.1) is 0 Å². The van der Waals surface area contributed by atoms with Gasteiger partial charge in [-0.05, 0) is 36.2 Å². The molecule has 150 valence electrons. The van der Waals surface area contributed by atoms with E-state index in [0.29, 0.717) is 24.1 Å². The van der Waals surface area contributed by atoms with Gasteiger partial charge in [-0.3, -0.25) is 4.99 Å². The molecule has 28 heavy (non-hydrogen) atoms. The molecule has 7 nitrogen and oxygen atoms in total. The fourth-order valence-corrected chi connectivity index (χ4v) is 3.38. The number of benzene rings is 2. The molecule has 1 unspecified atom stereocenters. The van der Waals surface area contributed by atoms with E-state index in [4.69, 9.17) is 9.47 Å². The first-order valence-electron chi connectivity index (χ1n) is 9.35. The predicted octanol–water partition coefficient (Wildman–Crippen LogP) is 2.35. The third-order valence-corrected chi connectivity index (χ3v) is 4.87. The van der Waals surface area contributed by atoms with Crippen LogP contribution in [0.2, 0.25) is 0 Å². The van der Waals surface area contributed by atoms with Crippen molar-refractivity contribution in [2.75, 3.05) is 39.3 Å². The molecule has 2 aromatic carbocycles. The van der Waals surface area contributed by atoms with E-state index in [1.807, 2.05) is 6.07 Å². The highest BCUT2D eigenvalue weighted by Gasteiger charge is 2.23. The summed E-state index contributed by atoms with van der Waals surface area (Å²) in [6.45, 7) is 2.48. The fraction of sp³-hybridized carbons (Fsp3) is 0.381. The van der Waals surface area contributed by atoms with E-state index in [2.05, 4.69) is 44.8 Å². The molecule has 1 aliphatic rings. The first-order valence-corrected chi connectivity index (χ1v) is 9.35. The SMILES string of the molecule is CN=C(NCc1cc(OC)c(O)c(OC)c1)NC1CCN(c2ccccc2)C1. The summed E-state index contributed by atoms with van der Waals surface area (Å²) in [5.41, 5.74) is 2.17. The van der Waals surface area contributed by atoms with E-state index in [1.165, 1.54) is 19.9 Å². The molecule has 0 saturated carbocycles. The number of nitrogens with zero attached hydrogens (tertiary/aromatic N) is 2. The van der Waals surface area contributed by atoms with Gasteiger partial charge in [0.05, 0.1) is 14.2 Å². The van der Waals surface area contributed by atoms with E-state index in [1.54, 1.807) is 19.2 Å². The lowest BCUT2D eigenvalue weighted by atomic mass is 10.2. The summed E-state index contributed by atoms with van der Waals surface area (Å²) in [5, 5.41) is 16.8. The number of hydrogen-bond donors (Lipinski definition) is 3. The number of aliphatic imine (C=N–C) groups is 1. The molecule has 2 aromatic rings. The highest BCUT2D eigenvalue weighted by Crippen LogP contribution is 2.37. The van der Waals surface area contributed by atoms with Crippen molar-refractivity contribution in [1.29, 1.82) is 0 Å². The van der Waals surface area contributed by atoms with Gasteiger partial charge in [0.25, 0.3) is 0 Å². The zero-order valence-corrected chi connectivity index (χ0v) is 16.6. The summed E-state index contributed by atoms with van der Waals surface area (Å²) in [6.07, 6.45) is 1.05. The van der Waals surface area contributed by atoms with Crippen LogP contribution in [0.5, 0.6) is 17.2 Å². The number of anilines is 1. The average Bonchev–Trinajstić information content (AvgIpc) is 3.21. The second-order valence-corrected chi connectivity index (χ2v) is 6.69. The molecule has 0 aliphatic carbocycles. The quantitative estimate of drug-likeness (QED) is 0.524. The topological polar surface area (TPSA) is 78.4 Å². The van der Waals surface area contributed by atoms with Gasteiger partial charge in [0.2, 0.25) is 5.75 Å². The molecular weight excluding hydrogens is 356 g/mol. The second-order valence-electron chi connectivity index (χ2n) is 6.69. The van der Waals surface area contributed by atoms with Crippen LogP contribution in [-0.4, -0.2) is 51.5 Å². The van der Waals surface area contributed by atoms with Crippen molar-refractivity contribution < 1.29 is 14.6 Å². The predicted molar refractivity (Wildman–Crippen MR) is 112 cm³/mol. The molecular formula is C21H28N4O3. The maximum absolute atomic E-state index is 10.0. The highest BCUT2D eigenvalue weighted by atomic mass is 16.5. The highest BCUT2D eigenvalue weighted by molar-refractivity contribution is 5.80. The number of para-hydroxylation sites is 1. The van der Waals surface area contributed by atoms with Crippen LogP contribution in [0.3, 0.4) is 0 Å². The molecule has 1 aliphatic heterocycles. The maximum Gasteiger partial charge on any atom is 0.200 e. The first-order chi connectivity index (χ1) is 13.6. The first kappa shape index (κ1) is 19.7. The number of phenols is 1. The van der Waals surface area contributed by atoms with Crippen LogP contribution in [0.25, 0.3) is 0 Å². The Morgan fingerprint density at radius 3 is 2.46 bits per heavy atom. The molecule has 1 atom stereocenters. The van der Waals surface area contributed by atoms with Crippen molar-refractivity contribution in [3.8, 4) is 17.2 Å². The van der Waals surface area contributed by atoms with E-state index in [9.17, 15) is 5.11 Å².